The van der Waals surface area contributed by atoms with E-state index in [1.165, 1.54) is 34.9 Å². The Morgan fingerprint density at radius 2 is 1.92 bits per heavy atom. The Morgan fingerprint density at radius 3 is 2.67 bits per heavy atom. The van der Waals surface area contributed by atoms with Gasteiger partial charge in [-0.25, -0.2) is 4.79 Å². The summed E-state index contributed by atoms with van der Waals surface area (Å²) < 4.78 is 18.5. The molecule has 1 aliphatic heterocycles. The van der Waals surface area contributed by atoms with Crippen LogP contribution in [-0.4, -0.2) is 63.5 Å². The molecule has 0 bridgehead atoms. The molecule has 1 aliphatic rings. The van der Waals surface area contributed by atoms with Crippen LogP contribution in [0.25, 0.3) is 10.6 Å². The van der Waals surface area contributed by atoms with Crippen LogP contribution in [0.1, 0.15) is 11.6 Å². The third kappa shape index (κ3) is 4.50. The molecule has 1 atom stereocenters. The molecule has 0 aliphatic carbocycles. The Morgan fingerprint density at radius 1 is 1.08 bits per heavy atom. The highest BCUT2D eigenvalue weighted by Crippen LogP contribution is 2.42. The second kappa shape index (κ2) is 10.3. The molecule has 0 fully saturated rings. The van der Waals surface area contributed by atoms with Crippen LogP contribution in [-0.2, 0) is 9.53 Å². The van der Waals surface area contributed by atoms with Crippen LogP contribution in [0, 0.1) is 0 Å². The molecule has 1 N–H and O–H groups in total. The van der Waals surface area contributed by atoms with Crippen LogP contribution < -0.4 is 14.8 Å². The van der Waals surface area contributed by atoms with E-state index in [1.807, 2.05) is 30.3 Å². The van der Waals surface area contributed by atoms with Gasteiger partial charge in [0.2, 0.25) is 5.95 Å². The van der Waals surface area contributed by atoms with Gasteiger partial charge in [-0.1, -0.05) is 58.5 Å². The number of nitrogens with zero attached hydrogens (tertiary/aromatic N) is 6. The van der Waals surface area contributed by atoms with Gasteiger partial charge >= 0.3 is 5.97 Å². The van der Waals surface area contributed by atoms with E-state index in [0.29, 0.717) is 40.0 Å². The van der Waals surface area contributed by atoms with Crippen molar-refractivity contribution in [1.29, 1.82) is 0 Å². The van der Waals surface area contributed by atoms with Crippen molar-refractivity contribution in [2.24, 2.45) is 0 Å². The van der Waals surface area contributed by atoms with E-state index in [2.05, 4.69) is 31.0 Å². The van der Waals surface area contributed by atoms with Crippen LogP contribution in [0.15, 0.2) is 64.1 Å². The highest BCUT2D eigenvalue weighted by atomic mass is 32.2. The molecule has 13 heteroatoms. The van der Waals surface area contributed by atoms with Gasteiger partial charge in [-0.05, 0) is 28.6 Å². The van der Waals surface area contributed by atoms with E-state index in [0.717, 1.165) is 14.9 Å². The number of anilines is 1. The zero-order chi connectivity index (χ0) is 25.1. The van der Waals surface area contributed by atoms with Crippen molar-refractivity contribution in [3.05, 3.63) is 65.4 Å². The second-order valence-corrected chi connectivity index (χ2v) is 9.69. The number of methoxy groups -OCH3 is 3. The fourth-order valence-electron chi connectivity index (χ4n) is 3.84. The number of tetrazole rings is 1. The highest BCUT2D eigenvalue weighted by Gasteiger charge is 2.38. The minimum atomic E-state index is -0.710. The average molecular weight is 524 g/mol. The van der Waals surface area contributed by atoms with Crippen molar-refractivity contribution >= 4 is 35.0 Å². The van der Waals surface area contributed by atoms with Gasteiger partial charge in [0.1, 0.15) is 22.5 Å². The summed E-state index contributed by atoms with van der Waals surface area (Å²) in [6.07, 6.45) is 0. The van der Waals surface area contributed by atoms with E-state index in [-0.39, 0.29) is 0 Å². The van der Waals surface area contributed by atoms with Crippen molar-refractivity contribution in [1.82, 2.24) is 30.4 Å². The summed E-state index contributed by atoms with van der Waals surface area (Å²) in [7, 11) is 4.47. The Bertz CT molecular complexity index is 1420. The van der Waals surface area contributed by atoms with Gasteiger partial charge in [0.05, 0.1) is 26.9 Å². The molecule has 184 valence electrons. The molecule has 2 aromatic heterocycles. The van der Waals surface area contributed by atoms with Gasteiger partial charge < -0.3 is 19.5 Å². The molecule has 1 unspecified atom stereocenters. The van der Waals surface area contributed by atoms with Gasteiger partial charge in [-0.15, -0.1) is 10.2 Å². The van der Waals surface area contributed by atoms with E-state index in [9.17, 15) is 4.79 Å². The first kappa shape index (κ1) is 23.8. The summed E-state index contributed by atoms with van der Waals surface area (Å²) in [5.74, 6) is 1.39. The Kier molecular flexibility index (Phi) is 6.82. The summed E-state index contributed by atoms with van der Waals surface area (Å²) in [5, 5.41) is 24.7. The SMILES string of the molecule is COC(=O)C1=C(CSc2nnc(-c3ccccc3)s2)Nc2nnnn2C1c1cc(OC)ccc1OC. The average Bonchev–Trinajstić information content (AvgIpc) is 3.60. The number of carbonyl (C=O) groups is 1. The minimum absolute atomic E-state index is 0.351. The monoisotopic (exact) mass is 523 g/mol. The maximum atomic E-state index is 13.1. The van der Waals surface area contributed by atoms with Gasteiger partial charge in [-0.3, -0.25) is 0 Å². The zero-order valence-corrected chi connectivity index (χ0v) is 21.2. The van der Waals surface area contributed by atoms with Crippen molar-refractivity contribution < 1.29 is 19.0 Å². The Balaban J connectivity index is 1.54. The lowest BCUT2D eigenvalue weighted by Gasteiger charge is -2.29. The van der Waals surface area contributed by atoms with Gasteiger partial charge in [0.25, 0.3) is 0 Å². The standard InChI is InChI=1S/C23H21N7O4S2/c1-32-14-9-10-17(33-2)15(11-14)19-18(21(31)34-3)16(24-22-26-28-29-30(19)22)12-35-23-27-25-20(36-23)13-7-5-4-6-8-13/h4-11,19H,12H2,1-3H3,(H,24,26,29). The van der Waals surface area contributed by atoms with Gasteiger partial charge in [0.15, 0.2) is 4.34 Å². The lowest BCUT2D eigenvalue weighted by atomic mass is 9.94. The molecule has 0 amide bonds. The van der Waals surface area contributed by atoms with Crippen molar-refractivity contribution in [2.45, 2.75) is 10.4 Å². The molecular formula is C23H21N7O4S2. The zero-order valence-electron chi connectivity index (χ0n) is 19.5. The molecule has 2 aromatic carbocycles. The van der Waals surface area contributed by atoms with Gasteiger partial charge in [0, 0.05) is 22.6 Å². The number of hydrogen-bond donors (Lipinski definition) is 1. The molecule has 11 nitrogen and oxygen atoms in total. The maximum Gasteiger partial charge on any atom is 0.338 e. The maximum absolute atomic E-state index is 13.1. The number of benzene rings is 2. The van der Waals surface area contributed by atoms with E-state index in [1.54, 1.807) is 32.4 Å². The molecule has 3 heterocycles. The van der Waals surface area contributed by atoms with Crippen LogP contribution >= 0.6 is 23.1 Å². The van der Waals surface area contributed by atoms with Crippen molar-refractivity contribution in [3.63, 3.8) is 0 Å². The first-order chi connectivity index (χ1) is 17.6. The molecule has 5 rings (SSSR count). The predicted molar refractivity (Wildman–Crippen MR) is 134 cm³/mol. The fourth-order valence-corrected chi connectivity index (χ4v) is 5.66. The molecule has 0 saturated carbocycles. The van der Waals surface area contributed by atoms with Crippen LogP contribution in [0.2, 0.25) is 0 Å². The largest absolute Gasteiger partial charge is 0.497 e. The molecule has 0 spiro atoms. The molecule has 0 radical (unpaired) electrons. The number of nitrogens with one attached hydrogen (secondary N) is 1. The highest BCUT2D eigenvalue weighted by molar-refractivity contribution is 8.01. The van der Waals surface area contributed by atoms with Crippen LogP contribution in [0.5, 0.6) is 11.5 Å². The van der Waals surface area contributed by atoms with Crippen molar-refractivity contribution in [3.8, 4) is 22.1 Å². The number of thioether (sulfide) groups is 1. The molecule has 4 aromatic rings. The summed E-state index contributed by atoms with van der Waals surface area (Å²) in [6.45, 7) is 0. The van der Waals surface area contributed by atoms with E-state index >= 15 is 0 Å². The first-order valence-corrected chi connectivity index (χ1v) is 12.5. The summed E-state index contributed by atoms with van der Waals surface area (Å²) in [4.78, 5) is 13.1. The van der Waals surface area contributed by atoms with Crippen molar-refractivity contribution in [2.75, 3.05) is 32.4 Å². The number of ether oxygens (including phenoxy) is 3. The summed E-state index contributed by atoms with van der Waals surface area (Å²) >= 11 is 2.93. The quantitative estimate of drug-likeness (QED) is 0.269. The van der Waals surface area contributed by atoms with Crippen LogP contribution in [0.4, 0.5) is 5.95 Å². The topological polar surface area (TPSA) is 126 Å². The lowest BCUT2D eigenvalue weighted by molar-refractivity contribution is -0.136. The first-order valence-electron chi connectivity index (χ1n) is 10.7. The normalized spacial score (nSPS) is 14.7. The third-order valence-corrected chi connectivity index (χ3v) is 7.63. The summed E-state index contributed by atoms with van der Waals surface area (Å²) in [6, 6.07) is 14.5. The number of fused-ring (bicyclic) bond motifs is 1. The smallest absolute Gasteiger partial charge is 0.338 e. The Hall–Kier alpha value is -3.97. The van der Waals surface area contributed by atoms with E-state index < -0.39 is 12.0 Å². The number of esters is 1. The van der Waals surface area contributed by atoms with E-state index in [4.69, 9.17) is 14.2 Å². The third-order valence-electron chi connectivity index (χ3n) is 5.50. The minimum Gasteiger partial charge on any atom is -0.497 e. The van der Waals surface area contributed by atoms with Crippen LogP contribution in [0.3, 0.4) is 0 Å². The number of hydrogen-bond acceptors (Lipinski definition) is 12. The molecule has 0 saturated heterocycles. The number of carbonyl (C=O) groups excluding carboxylic acids is 1. The number of rotatable bonds is 8. The number of aromatic nitrogens is 6. The predicted octanol–water partition coefficient (Wildman–Crippen LogP) is 3.44. The lowest BCUT2D eigenvalue weighted by Crippen LogP contribution is -2.31. The fraction of sp³-hybridized carbons (Fsp3) is 0.217. The second-order valence-electron chi connectivity index (χ2n) is 7.49. The van der Waals surface area contributed by atoms with Gasteiger partial charge in [-0.2, -0.15) is 4.68 Å². The summed E-state index contributed by atoms with van der Waals surface area (Å²) in [5.41, 5.74) is 2.60. The molecular weight excluding hydrogens is 502 g/mol. The molecule has 36 heavy (non-hydrogen) atoms. The Labute approximate surface area is 214 Å².